The van der Waals surface area contributed by atoms with Crippen LogP contribution in [-0.4, -0.2) is 35.9 Å². The van der Waals surface area contributed by atoms with Crippen LogP contribution in [0.3, 0.4) is 0 Å². The number of fused-ring (bicyclic) bond motifs is 2. The molecule has 0 spiro atoms. The Kier molecular flexibility index (Phi) is 5.98. The van der Waals surface area contributed by atoms with Gasteiger partial charge in [0, 0.05) is 24.9 Å². The number of benzene rings is 2. The third-order valence-electron chi connectivity index (χ3n) is 5.73. The van der Waals surface area contributed by atoms with Crippen molar-refractivity contribution in [2.75, 3.05) is 18.0 Å². The van der Waals surface area contributed by atoms with Crippen molar-refractivity contribution in [1.82, 2.24) is 4.90 Å². The number of anilines is 1. The van der Waals surface area contributed by atoms with E-state index in [4.69, 9.17) is 9.15 Å². The molecule has 0 aliphatic carbocycles. The Hall–Kier alpha value is -3.28. The fourth-order valence-corrected chi connectivity index (χ4v) is 4.08. The van der Waals surface area contributed by atoms with E-state index in [1.165, 1.54) is 0 Å². The van der Waals surface area contributed by atoms with Crippen LogP contribution in [-0.2, 0) is 9.59 Å². The summed E-state index contributed by atoms with van der Waals surface area (Å²) >= 11 is 0. The van der Waals surface area contributed by atoms with E-state index >= 15 is 0 Å². The highest BCUT2D eigenvalue weighted by Crippen LogP contribution is 2.34. The topological polar surface area (TPSA) is 63.0 Å². The van der Waals surface area contributed by atoms with Gasteiger partial charge in [0.25, 0.3) is 5.91 Å². The highest BCUT2D eigenvalue weighted by atomic mass is 16.5. The van der Waals surface area contributed by atoms with Gasteiger partial charge in [-0.2, -0.15) is 0 Å². The number of amides is 2. The van der Waals surface area contributed by atoms with E-state index in [0.29, 0.717) is 24.5 Å². The predicted octanol–water partition coefficient (Wildman–Crippen LogP) is 4.94. The smallest absolute Gasteiger partial charge is 0.267 e. The summed E-state index contributed by atoms with van der Waals surface area (Å²) in [5.74, 6) is 1.31. The van der Waals surface area contributed by atoms with Crippen LogP contribution in [0.25, 0.3) is 11.0 Å². The summed E-state index contributed by atoms with van der Waals surface area (Å²) < 4.78 is 11.7. The predicted molar refractivity (Wildman–Crippen MR) is 120 cm³/mol. The van der Waals surface area contributed by atoms with Crippen molar-refractivity contribution in [2.24, 2.45) is 0 Å². The molecule has 0 bridgehead atoms. The van der Waals surface area contributed by atoms with Crippen molar-refractivity contribution in [1.29, 1.82) is 0 Å². The molecule has 31 heavy (non-hydrogen) atoms. The Morgan fingerprint density at radius 2 is 1.90 bits per heavy atom. The summed E-state index contributed by atoms with van der Waals surface area (Å²) in [6.07, 6.45) is 0.510. The van der Waals surface area contributed by atoms with Gasteiger partial charge in [0.1, 0.15) is 17.1 Å². The summed E-state index contributed by atoms with van der Waals surface area (Å²) in [4.78, 5) is 29.4. The number of nitrogens with zero attached hydrogens (tertiary/aromatic N) is 2. The van der Waals surface area contributed by atoms with Crippen LogP contribution < -0.4 is 9.64 Å². The van der Waals surface area contributed by atoms with Gasteiger partial charge < -0.3 is 19.0 Å². The Bertz CT molecular complexity index is 1060. The van der Waals surface area contributed by atoms with E-state index in [2.05, 4.69) is 6.92 Å². The third kappa shape index (κ3) is 4.15. The third-order valence-corrected chi connectivity index (χ3v) is 5.73. The molecule has 6 heteroatoms. The molecule has 3 aromatic rings. The van der Waals surface area contributed by atoms with Gasteiger partial charge in [0.05, 0.1) is 11.7 Å². The molecule has 0 saturated carbocycles. The molecule has 0 saturated heterocycles. The zero-order valence-corrected chi connectivity index (χ0v) is 18.2. The maximum Gasteiger partial charge on any atom is 0.267 e. The lowest BCUT2D eigenvalue weighted by molar-refractivity contribution is -0.133. The lowest BCUT2D eigenvalue weighted by Gasteiger charge is -2.34. The first-order valence-electron chi connectivity index (χ1n) is 10.8. The minimum atomic E-state index is -0.564. The molecule has 0 radical (unpaired) electrons. The molecular formula is C25H28N2O4. The van der Waals surface area contributed by atoms with Crippen LogP contribution in [0.4, 0.5) is 5.69 Å². The Labute approximate surface area is 182 Å². The van der Waals surface area contributed by atoms with Crippen molar-refractivity contribution < 1.29 is 18.7 Å². The van der Waals surface area contributed by atoms with E-state index in [1.807, 2.05) is 66.4 Å². The molecule has 0 fully saturated rings. The van der Waals surface area contributed by atoms with Crippen LogP contribution in [0.2, 0.25) is 0 Å². The highest BCUT2D eigenvalue weighted by molar-refractivity contribution is 6.00. The highest BCUT2D eigenvalue weighted by Gasteiger charge is 2.32. The molecule has 1 aromatic heterocycles. The summed E-state index contributed by atoms with van der Waals surface area (Å²) in [5.41, 5.74) is 1.53. The maximum atomic E-state index is 13.2. The van der Waals surface area contributed by atoms with E-state index < -0.39 is 6.10 Å². The van der Waals surface area contributed by atoms with E-state index in [9.17, 15) is 9.59 Å². The van der Waals surface area contributed by atoms with E-state index in [0.717, 1.165) is 23.2 Å². The van der Waals surface area contributed by atoms with Gasteiger partial charge in [0.15, 0.2) is 6.10 Å². The number of carbonyl (C=O) groups excluding carboxylic acids is 2. The molecule has 2 heterocycles. The second kappa shape index (κ2) is 8.84. The molecule has 1 aliphatic rings. The Morgan fingerprint density at radius 1 is 1.16 bits per heavy atom. The van der Waals surface area contributed by atoms with Gasteiger partial charge in [-0.1, -0.05) is 37.3 Å². The van der Waals surface area contributed by atoms with Gasteiger partial charge in [-0.25, -0.2) is 0 Å². The van der Waals surface area contributed by atoms with Gasteiger partial charge >= 0.3 is 0 Å². The van der Waals surface area contributed by atoms with Crippen molar-refractivity contribution in [2.45, 2.75) is 45.8 Å². The van der Waals surface area contributed by atoms with E-state index in [-0.39, 0.29) is 24.3 Å². The van der Waals surface area contributed by atoms with Crippen molar-refractivity contribution in [3.63, 3.8) is 0 Å². The molecule has 4 rings (SSSR count). The monoisotopic (exact) mass is 420 g/mol. The van der Waals surface area contributed by atoms with Crippen LogP contribution in [0, 0.1) is 0 Å². The van der Waals surface area contributed by atoms with Crippen LogP contribution in [0.1, 0.15) is 45.4 Å². The van der Waals surface area contributed by atoms with Crippen LogP contribution in [0.15, 0.2) is 59.0 Å². The molecule has 2 atom stereocenters. The molecule has 0 N–H and O–H groups in total. The SMILES string of the molecule is CCCN(C(=O)CCN1C(=O)C(C)Oc2ccccc21)C(C)c1cc2ccccc2o1. The molecule has 1 aliphatic heterocycles. The fraction of sp³-hybridized carbons (Fsp3) is 0.360. The number of hydrogen-bond donors (Lipinski definition) is 0. The molecular weight excluding hydrogens is 392 g/mol. The average Bonchev–Trinajstić information content (AvgIpc) is 3.21. The fourth-order valence-electron chi connectivity index (χ4n) is 4.08. The second-order valence-electron chi connectivity index (χ2n) is 7.92. The quantitative estimate of drug-likeness (QED) is 0.543. The first kappa shape index (κ1) is 21.0. The molecule has 2 amide bonds. The summed E-state index contributed by atoms with van der Waals surface area (Å²) in [5, 5.41) is 1.03. The Balaban J connectivity index is 1.50. The van der Waals surface area contributed by atoms with Gasteiger partial charge in [-0.15, -0.1) is 0 Å². The van der Waals surface area contributed by atoms with Crippen molar-refractivity contribution in [3.8, 4) is 5.75 Å². The number of rotatable bonds is 7. The first-order valence-corrected chi connectivity index (χ1v) is 10.8. The Morgan fingerprint density at radius 3 is 2.68 bits per heavy atom. The number of carbonyl (C=O) groups is 2. The molecule has 2 aromatic carbocycles. The zero-order valence-electron chi connectivity index (χ0n) is 18.2. The molecule has 6 nitrogen and oxygen atoms in total. The van der Waals surface area contributed by atoms with Crippen LogP contribution in [0.5, 0.6) is 5.75 Å². The largest absolute Gasteiger partial charge is 0.479 e. The van der Waals surface area contributed by atoms with Crippen molar-refractivity contribution >= 4 is 28.5 Å². The zero-order chi connectivity index (χ0) is 22.0. The average molecular weight is 421 g/mol. The number of hydrogen-bond acceptors (Lipinski definition) is 4. The number of ether oxygens (including phenoxy) is 1. The molecule has 2 unspecified atom stereocenters. The minimum absolute atomic E-state index is 0.000711. The van der Waals surface area contributed by atoms with Gasteiger partial charge in [-0.05, 0) is 44.5 Å². The first-order chi connectivity index (χ1) is 15.0. The van der Waals surface area contributed by atoms with Crippen LogP contribution >= 0.6 is 0 Å². The van der Waals surface area contributed by atoms with Gasteiger partial charge in [-0.3, -0.25) is 9.59 Å². The normalized spacial score (nSPS) is 16.7. The van der Waals surface area contributed by atoms with E-state index in [1.54, 1.807) is 11.8 Å². The van der Waals surface area contributed by atoms with Gasteiger partial charge in [0.2, 0.25) is 5.91 Å². The maximum absolute atomic E-state index is 13.2. The van der Waals surface area contributed by atoms with Crippen molar-refractivity contribution in [3.05, 3.63) is 60.4 Å². The standard InChI is InChI=1S/C25H28N2O4/c1-4-14-26(17(2)23-16-19-9-5-7-11-21(19)31-23)24(28)13-15-27-20-10-6-8-12-22(20)30-18(3)25(27)29/h5-12,16-18H,4,13-15H2,1-3H3. The number of furan rings is 1. The molecule has 162 valence electrons. The number of para-hydroxylation sites is 3. The summed E-state index contributed by atoms with van der Waals surface area (Å²) in [7, 11) is 0. The summed E-state index contributed by atoms with van der Waals surface area (Å²) in [6, 6.07) is 17.1. The lowest BCUT2D eigenvalue weighted by atomic mass is 10.1. The summed E-state index contributed by atoms with van der Waals surface area (Å²) in [6.45, 7) is 6.72. The lowest BCUT2D eigenvalue weighted by Crippen LogP contribution is -2.46. The minimum Gasteiger partial charge on any atom is -0.479 e. The second-order valence-corrected chi connectivity index (χ2v) is 7.92.